The first-order valence-corrected chi connectivity index (χ1v) is 9.61. The fourth-order valence-corrected chi connectivity index (χ4v) is 4.33. The van der Waals surface area contributed by atoms with Crippen LogP contribution in [0.25, 0.3) is 0 Å². The van der Waals surface area contributed by atoms with Gasteiger partial charge in [0.25, 0.3) is 0 Å². The summed E-state index contributed by atoms with van der Waals surface area (Å²) in [6.45, 7) is 0.251. The Morgan fingerprint density at radius 1 is 1.09 bits per heavy atom. The van der Waals surface area contributed by atoms with Crippen LogP contribution in [0, 0.1) is 0 Å². The molecular weight excluding hydrogens is 302 g/mol. The molecule has 0 fully saturated rings. The van der Waals surface area contributed by atoms with Crippen molar-refractivity contribution in [3.05, 3.63) is 71.3 Å². The first-order chi connectivity index (χ1) is 11.4. The first-order valence-electron chi connectivity index (χ1n) is 8.46. The SMILES string of the molecule is OCCCC(NC1CSCCc2ccccc21)c1ccccc1. The number of aliphatic hydroxyl groups is 1. The molecule has 2 atom stereocenters. The molecule has 3 heteroatoms. The smallest absolute Gasteiger partial charge is 0.0431 e. The molecule has 2 unspecified atom stereocenters. The summed E-state index contributed by atoms with van der Waals surface area (Å²) in [5, 5.41) is 13.1. The van der Waals surface area contributed by atoms with Crippen molar-refractivity contribution in [1.29, 1.82) is 0 Å². The Hall–Kier alpha value is -1.29. The lowest BCUT2D eigenvalue weighted by Crippen LogP contribution is -2.28. The molecule has 1 aliphatic heterocycles. The maximum absolute atomic E-state index is 9.24. The lowest BCUT2D eigenvalue weighted by Gasteiger charge is -2.26. The van der Waals surface area contributed by atoms with Crippen LogP contribution in [0.5, 0.6) is 0 Å². The van der Waals surface area contributed by atoms with Crippen molar-refractivity contribution in [3.63, 3.8) is 0 Å². The van der Waals surface area contributed by atoms with Crippen molar-refractivity contribution in [2.45, 2.75) is 31.3 Å². The number of hydrogen-bond acceptors (Lipinski definition) is 3. The molecule has 2 aromatic rings. The summed E-state index contributed by atoms with van der Waals surface area (Å²) in [7, 11) is 0. The average molecular weight is 327 g/mol. The summed E-state index contributed by atoms with van der Waals surface area (Å²) in [4.78, 5) is 0. The summed E-state index contributed by atoms with van der Waals surface area (Å²) in [6, 6.07) is 20.1. The van der Waals surface area contributed by atoms with Gasteiger partial charge in [0.05, 0.1) is 0 Å². The van der Waals surface area contributed by atoms with Gasteiger partial charge in [-0.15, -0.1) is 0 Å². The highest BCUT2D eigenvalue weighted by Crippen LogP contribution is 2.31. The van der Waals surface area contributed by atoms with E-state index >= 15 is 0 Å². The van der Waals surface area contributed by atoms with Crippen LogP contribution in [0.4, 0.5) is 0 Å². The Labute approximate surface area is 143 Å². The van der Waals surface area contributed by atoms with Crippen molar-refractivity contribution in [2.24, 2.45) is 0 Å². The minimum absolute atomic E-state index is 0.251. The van der Waals surface area contributed by atoms with Crippen molar-refractivity contribution < 1.29 is 5.11 Å². The molecule has 1 aliphatic rings. The predicted molar refractivity (Wildman–Crippen MR) is 98.9 cm³/mol. The Kier molecular flexibility index (Phi) is 6.14. The van der Waals surface area contributed by atoms with Gasteiger partial charge in [0.15, 0.2) is 0 Å². The van der Waals surface area contributed by atoms with Gasteiger partial charge in [-0.1, -0.05) is 54.6 Å². The third-order valence-electron chi connectivity index (χ3n) is 4.49. The summed E-state index contributed by atoms with van der Waals surface area (Å²) >= 11 is 2.03. The molecule has 0 aromatic heterocycles. The number of rotatable bonds is 6. The molecule has 2 nitrogen and oxygen atoms in total. The number of aliphatic hydroxyl groups excluding tert-OH is 1. The van der Waals surface area contributed by atoms with Gasteiger partial charge in [-0.25, -0.2) is 0 Å². The van der Waals surface area contributed by atoms with Crippen LogP contribution in [0.3, 0.4) is 0 Å². The Morgan fingerprint density at radius 3 is 2.70 bits per heavy atom. The first kappa shape index (κ1) is 16.6. The van der Waals surface area contributed by atoms with Crippen LogP contribution < -0.4 is 5.32 Å². The van der Waals surface area contributed by atoms with E-state index in [-0.39, 0.29) is 6.61 Å². The van der Waals surface area contributed by atoms with E-state index in [1.165, 1.54) is 22.4 Å². The van der Waals surface area contributed by atoms with E-state index in [9.17, 15) is 5.11 Å². The molecule has 0 aliphatic carbocycles. The predicted octanol–water partition coefficient (Wildman–Crippen LogP) is 4.12. The Morgan fingerprint density at radius 2 is 1.87 bits per heavy atom. The molecular formula is C20H25NOS. The third kappa shape index (κ3) is 4.37. The number of thioether (sulfide) groups is 1. The molecule has 122 valence electrons. The van der Waals surface area contributed by atoms with E-state index in [0.29, 0.717) is 12.1 Å². The molecule has 1 heterocycles. The molecule has 0 saturated heterocycles. The van der Waals surface area contributed by atoms with Crippen molar-refractivity contribution in [1.82, 2.24) is 5.32 Å². The normalized spacial score (nSPS) is 18.9. The van der Waals surface area contributed by atoms with Gasteiger partial charge < -0.3 is 10.4 Å². The number of benzene rings is 2. The van der Waals surface area contributed by atoms with Crippen LogP contribution in [0.2, 0.25) is 0 Å². The van der Waals surface area contributed by atoms with Gasteiger partial charge in [0, 0.05) is 24.4 Å². The van der Waals surface area contributed by atoms with Crippen molar-refractivity contribution in [2.75, 3.05) is 18.1 Å². The van der Waals surface area contributed by atoms with Gasteiger partial charge in [-0.05, 0) is 41.7 Å². The minimum atomic E-state index is 0.251. The second kappa shape index (κ2) is 8.53. The van der Waals surface area contributed by atoms with E-state index in [4.69, 9.17) is 0 Å². The Bertz CT molecular complexity index is 602. The molecule has 23 heavy (non-hydrogen) atoms. The summed E-state index contributed by atoms with van der Waals surface area (Å²) < 4.78 is 0. The van der Waals surface area contributed by atoms with Crippen LogP contribution in [0.15, 0.2) is 54.6 Å². The summed E-state index contributed by atoms with van der Waals surface area (Å²) in [5.41, 5.74) is 4.24. The van der Waals surface area contributed by atoms with E-state index < -0.39 is 0 Å². The van der Waals surface area contributed by atoms with Crippen LogP contribution >= 0.6 is 11.8 Å². The minimum Gasteiger partial charge on any atom is -0.396 e. The lowest BCUT2D eigenvalue weighted by atomic mass is 9.96. The number of fused-ring (bicyclic) bond motifs is 1. The highest BCUT2D eigenvalue weighted by Gasteiger charge is 2.22. The van der Waals surface area contributed by atoms with Crippen molar-refractivity contribution >= 4 is 11.8 Å². The molecule has 0 bridgehead atoms. The second-order valence-corrected chi connectivity index (χ2v) is 7.22. The largest absolute Gasteiger partial charge is 0.396 e. The summed E-state index contributed by atoms with van der Waals surface area (Å²) in [5.74, 6) is 2.31. The highest BCUT2D eigenvalue weighted by atomic mass is 32.2. The maximum atomic E-state index is 9.24. The Balaban J connectivity index is 1.82. The highest BCUT2D eigenvalue weighted by molar-refractivity contribution is 7.99. The molecule has 0 amide bonds. The molecule has 2 aromatic carbocycles. The molecule has 2 N–H and O–H groups in total. The van der Waals surface area contributed by atoms with E-state index in [0.717, 1.165) is 25.0 Å². The topological polar surface area (TPSA) is 32.3 Å². The number of hydrogen-bond donors (Lipinski definition) is 2. The van der Waals surface area contributed by atoms with E-state index in [1.54, 1.807) is 0 Å². The van der Waals surface area contributed by atoms with Crippen molar-refractivity contribution in [3.8, 4) is 0 Å². The third-order valence-corrected chi connectivity index (χ3v) is 5.55. The molecule has 3 rings (SSSR count). The van der Waals surface area contributed by atoms with Crippen LogP contribution in [-0.4, -0.2) is 23.2 Å². The maximum Gasteiger partial charge on any atom is 0.0431 e. The van der Waals surface area contributed by atoms with Crippen LogP contribution in [-0.2, 0) is 6.42 Å². The van der Waals surface area contributed by atoms with Gasteiger partial charge in [0.2, 0.25) is 0 Å². The monoisotopic (exact) mass is 327 g/mol. The zero-order chi connectivity index (χ0) is 15.9. The van der Waals surface area contributed by atoms with Crippen LogP contribution in [0.1, 0.15) is 41.6 Å². The zero-order valence-corrected chi connectivity index (χ0v) is 14.3. The molecule has 0 saturated carbocycles. The van der Waals surface area contributed by atoms with Gasteiger partial charge in [-0.3, -0.25) is 0 Å². The number of aryl methyl sites for hydroxylation is 1. The lowest BCUT2D eigenvalue weighted by molar-refractivity contribution is 0.272. The molecule has 0 spiro atoms. The average Bonchev–Trinajstić information content (AvgIpc) is 2.82. The molecule has 0 radical (unpaired) electrons. The van der Waals surface area contributed by atoms with Gasteiger partial charge in [0.1, 0.15) is 0 Å². The fraction of sp³-hybridized carbons (Fsp3) is 0.400. The fourth-order valence-electron chi connectivity index (χ4n) is 3.28. The summed E-state index contributed by atoms with van der Waals surface area (Å²) in [6.07, 6.45) is 2.95. The number of nitrogens with one attached hydrogen (secondary N) is 1. The van der Waals surface area contributed by atoms with E-state index in [1.807, 2.05) is 11.8 Å². The zero-order valence-electron chi connectivity index (χ0n) is 13.4. The quantitative estimate of drug-likeness (QED) is 0.837. The second-order valence-electron chi connectivity index (χ2n) is 6.07. The van der Waals surface area contributed by atoms with Gasteiger partial charge >= 0.3 is 0 Å². The standard InChI is InChI=1S/C20H25NOS/c22-13-6-11-19(17-8-2-1-3-9-17)21-20-15-23-14-12-16-7-4-5-10-18(16)20/h1-5,7-10,19-22H,6,11-15H2. The van der Waals surface area contributed by atoms with Gasteiger partial charge in [-0.2, -0.15) is 11.8 Å². The van der Waals surface area contributed by atoms with E-state index in [2.05, 4.69) is 59.9 Å².